The third-order valence-corrected chi connectivity index (χ3v) is 6.25. The number of aliphatic imine (C=N–C) groups is 1. The Balaban J connectivity index is 1.50. The third-order valence-electron chi connectivity index (χ3n) is 6.25. The highest BCUT2D eigenvalue weighted by atomic mass is 16.5. The zero-order valence-electron chi connectivity index (χ0n) is 19.9. The molecule has 0 spiro atoms. The molecule has 5 heteroatoms. The van der Waals surface area contributed by atoms with Crippen molar-refractivity contribution in [3.8, 4) is 39.5 Å². The monoisotopic (exact) mass is 451 g/mol. The molecule has 2 heterocycles. The van der Waals surface area contributed by atoms with E-state index >= 15 is 0 Å². The Bertz CT molecular complexity index is 1310. The lowest BCUT2D eigenvalue weighted by atomic mass is 9.98. The molecule has 4 aromatic rings. The van der Waals surface area contributed by atoms with Crippen molar-refractivity contribution in [1.82, 2.24) is 9.88 Å². The molecule has 1 aliphatic carbocycles. The van der Waals surface area contributed by atoms with Crippen LogP contribution in [0.1, 0.15) is 17.5 Å². The number of aromatic nitrogens is 1. The molecule has 0 aliphatic heterocycles. The number of aryl methyl sites for hydroxylation is 1. The maximum absolute atomic E-state index is 6.46. The fourth-order valence-electron chi connectivity index (χ4n) is 4.40. The quantitative estimate of drug-likeness (QED) is 0.347. The molecule has 0 radical (unpaired) electrons. The van der Waals surface area contributed by atoms with Gasteiger partial charge in [-0.3, -0.25) is 9.98 Å². The lowest BCUT2D eigenvalue weighted by Crippen LogP contribution is -2.19. The van der Waals surface area contributed by atoms with Crippen molar-refractivity contribution in [1.29, 1.82) is 0 Å². The van der Waals surface area contributed by atoms with Crippen LogP contribution in [0.3, 0.4) is 0 Å². The molecule has 0 unspecified atom stereocenters. The predicted molar refractivity (Wildman–Crippen MR) is 138 cm³/mol. The van der Waals surface area contributed by atoms with Crippen LogP contribution in [0.4, 0.5) is 0 Å². The van der Waals surface area contributed by atoms with Gasteiger partial charge >= 0.3 is 0 Å². The number of hydrogen-bond donors (Lipinski definition) is 0. The summed E-state index contributed by atoms with van der Waals surface area (Å²) in [6.45, 7) is 1.54. The summed E-state index contributed by atoms with van der Waals surface area (Å²) >= 11 is 0. The average molecular weight is 452 g/mol. The molecule has 0 amide bonds. The average Bonchev–Trinajstić information content (AvgIpc) is 3.49. The van der Waals surface area contributed by atoms with E-state index in [0.717, 1.165) is 58.9 Å². The second-order valence-corrected chi connectivity index (χ2v) is 8.81. The minimum Gasteiger partial charge on any atom is -0.492 e. The number of likely N-dealkylation sites (N-methyl/N-ethyl adjacent to an activating group) is 1. The highest BCUT2D eigenvalue weighted by Crippen LogP contribution is 2.40. The second-order valence-electron chi connectivity index (χ2n) is 8.81. The Morgan fingerprint density at radius 3 is 2.38 bits per heavy atom. The molecule has 0 saturated carbocycles. The summed E-state index contributed by atoms with van der Waals surface area (Å²) in [7, 11) is 5.96. The van der Waals surface area contributed by atoms with Gasteiger partial charge in [-0.1, -0.05) is 18.2 Å². The SMILES string of the molecule is CN=C1CCc2cc(-c3cc(-c4ccc(OCCN(C)C)cc4)oc3-c3ccncc3)ccc21. The fourth-order valence-corrected chi connectivity index (χ4v) is 4.40. The van der Waals surface area contributed by atoms with Crippen molar-refractivity contribution in [3.63, 3.8) is 0 Å². The van der Waals surface area contributed by atoms with Gasteiger partial charge in [0.2, 0.25) is 0 Å². The van der Waals surface area contributed by atoms with Crippen LogP contribution in [0, 0.1) is 0 Å². The Morgan fingerprint density at radius 1 is 0.882 bits per heavy atom. The van der Waals surface area contributed by atoms with Crippen LogP contribution >= 0.6 is 0 Å². The van der Waals surface area contributed by atoms with Crippen LogP contribution in [0.5, 0.6) is 5.75 Å². The predicted octanol–water partition coefficient (Wildman–Crippen LogP) is 5.98. The summed E-state index contributed by atoms with van der Waals surface area (Å²) in [5.41, 5.74) is 8.07. The molecular weight excluding hydrogens is 422 g/mol. The second kappa shape index (κ2) is 9.65. The summed E-state index contributed by atoms with van der Waals surface area (Å²) in [5.74, 6) is 2.54. The molecule has 34 heavy (non-hydrogen) atoms. The molecule has 0 saturated heterocycles. The first-order valence-electron chi connectivity index (χ1n) is 11.6. The van der Waals surface area contributed by atoms with E-state index in [1.165, 1.54) is 16.8 Å². The summed E-state index contributed by atoms with van der Waals surface area (Å²) in [4.78, 5) is 10.7. The minimum absolute atomic E-state index is 0.659. The summed E-state index contributed by atoms with van der Waals surface area (Å²) in [5, 5.41) is 0. The van der Waals surface area contributed by atoms with Gasteiger partial charge in [0.25, 0.3) is 0 Å². The highest BCUT2D eigenvalue weighted by molar-refractivity contribution is 6.05. The zero-order valence-corrected chi connectivity index (χ0v) is 19.9. The fraction of sp³-hybridized carbons (Fsp3) is 0.241. The van der Waals surface area contributed by atoms with Crippen LogP contribution in [-0.4, -0.2) is 49.9 Å². The van der Waals surface area contributed by atoms with E-state index in [2.05, 4.69) is 51.3 Å². The van der Waals surface area contributed by atoms with Crippen LogP contribution in [0.2, 0.25) is 0 Å². The van der Waals surface area contributed by atoms with E-state index < -0.39 is 0 Å². The molecule has 2 aromatic carbocycles. The number of nitrogens with zero attached hydrogens (tertiary/aromatic N) is 3. The number of furan rings is 1. The van der Waals surface area contributed by atoms with Crippen LogP contribution in [0.15, 0.2) is 82.5 Å². The summed E-state index contributed by atoms with van der Waals surface area (Å²) in [6.07, 6.45) is 5.63. The third kappa shape index (κ3) is 4.52. The molecule has 5 rings (SSSR count). The van der Waals surface area contributed by atoms with Crippen molar-refractivity contribution in [2.45, 2.75) is 12.8 Å². The van der Waals surface area contributed by atoms with Crippen molar-refractivity contribution >= 4 is 5.71 Å². The smallest absolute Gasteiger partial charge is 0.142 e. The molecule has 2 aromatic heterocycles. The number of hydrogen-bond acceptors (Lipinski definition) is 5. The van der Waals surface area contributed by atoms with Gasteiger partial charge in [-0.15, -0.1) is 0 Å². The molecular formula is C29H29N3O2. The van der Waals surface area contributed by atoms with Gasteiger partial charge < -0.3 is 14.1 Å². The van der Waals surface area contributed by atoms with Crippen molar-refractivity contribution < 1.29 is 9.15 Å². The van der Waals surface area contributed by atoms with Gasteiger partial charge in [-0.05, 0) is 86.1 Å². The topological polar surface area (TPSA) is 50.9 Å². The largest absolute Gasteiger partial charge is 0.492 e. The van der Waals surface area contributed by atoms with Crippen LogP contribution < -0.4 is 4.74 Å². The minimum atomic E-state index is 0.659. The number of rotatable bonds is 7. The first kappa shape index (κ1) is 22.1. The van der Waals surface area contributed by atoms with E-state index in [0.29, 0.717) is 6.61 Å². The maximum Gasteiger partial charge on any atom is 0.142 e. The van der Waals surface area contributed by atoms with E-state index in [4.69, 9.17) is 9.15 Å². The maximum atomic E-state index is 6.46. The van der Waals surface area contributed by atoms with Gasteiger partial charge in [-0.2, -0.15) is 0 Å². The molecule has 0 fully saturated rings. The Morgan fingerprint density at radius 2 is 1.65 bits per heavy atom. The standard InChI is InChI=1S/C29H29N3O2/c1-30-27-11-7-22-18-23(6-10-25(22)27)26-19-28(34-29(26)21-12-14-31-15-13-21)20-4-8-24(9-5-20)33-17-16-32(2)3/h4-6,8-10,12-15,18-19H,7,11,16-17H2,1-3H3. The number of ether oxygens (including phenoxy) is 1. The van der Waals surface area contributed by atoms with Gasteiger partial charge in [0.15, 0.2) is 0 Å². The highest BCUT2D eigenvalue weighted by Gasteiger charge is 2.21. The number of benzene rings is 2. The van der Waals surface area contributed by atoms with Crippen molar-refractivity contribution in [2.75, 3.05) is 34.3 Å². The Labute approximate surface area is 200 Å². The van der Waals surface area contributed by atoms with E-state index in [1.807, 2.05) is 45.4 Å². The lowest BCUT2D eigenvalue weighted by molar-refractivity contribution is 0.261. The van der Waals surface area contributed by atoms with Crippen LogP contribution in [0.25, 0.3) is 33.8 Å². The normalized spacial score (nSPS) is 14.1. The summed E-state index contributed by atoms with van der Waals surface area (Å²) < 4.78 is 12.3. The molecule has 0 atom stereocenters. The van der Waals surface area contributed by atoms with E-state index in [-0.39, 0.29) is 0 Å². The van der Waals surface area contributed by atoms with Gasteiger partial charge in [0.1, 0.15) is 23.9 Å². The molecule has 5 nitrogen and oxygen atoms in total. The van der Waals surface area contributed by atoms with Gasteiger partial charge in [0.05, 0.1) is 0 Å². The molecule has 1 aliphatic rings. The summed E-state index contributed by atoms with van der Waals surface area (Å²) in [6, 6.07) is 20.9. The van der Waals surface area contributed by atoms with Gasteiger partial charge in [0, 0.05) is 48.4 Å². The van der Waals surface area contributed by atoms with E-state index in [9.17, 15) is 0 Å². The Kier molecular flexibility index (Phi) is 6.28. The lowest BCUT2D eigenvalue weighted by Gasteiger charge is -2.11. The van der Waals surface area contributed by atoms with Crippen molar-refractivity contribution in [3.05, 3.63) is 84.2 Å². The van der Waals surface area contributed by atoms with Crippen LogP contribution in [-0.2, 0) is 6.42 Å². The molecule has 0 N–H and O–H groups in total. The number of pyridine rings is 1. The molecule has 0 bridgehead atoms. The first-order chi connectivity index (χ1) is 16.6. The first-order valence-corrected chi connectivity index (χ1v) is 11.6. The van der Waals surface area contributed by atoms with E-state index in [1.54, 1.807) is 12.4 Å². The van der Waals surface area contributed by atoms with Gasteiger partial charge in [-0.25, -0.2) is 0 Å². The molecule has 172 valence electrons. The zero-order chi connectivity index (χ0) is 23.5. The Hall–Kier alpha value is -3.70. The number of fused-ring (bicyclic) bond motifs is 1. The van der Waals surface area contributed by atoms with Crippen molar-refractivity contribution in [2.24, 2.45) is 4.99 Å².